The van der Waals surface area contributed by atoms with Gasteiger partial charge < -0.3 is 24.8 Å². The molecule has 0 aliphatic carbocycles. The number of fused-ring (bicyclic) bond motifs is 1. The number of thiazole rings is 1. The summed E-state index contributed by atoms with van der Waals surface area (Å²) >= 11 is 7.97. The second kappa shape index (κ2) is 9.57. The number of methoxy groups -OCH3 is 1. The SMILES string of the molecule is COC1COC(Nc2ccc3ncnc(Nc4ccc(OCc5nccs5)c(Cl)c4)c3c2)=N1. The van der Waals surface area contributed by atoms with Crippen LogP contribution in [0.3, 0.4) is 0 Å². The average Bonchev–Trinajstić information content (AvgIpc) is 3.51. The molecule has 2 aromatic heterocycles. The first-order valence-electron chi connectivity index (χ1n) is 10.0. The lowest BCUT2D eigenvalue weighted by molar-refractivity contribution is 0.0832. The Bertz CT molecular complexity index is 1300. The molecule has 0 saturated heterocycles. The van der Waals surface area contributed by atoms with Crippen LogP contribution in [0, 0.1) is 0 Å². The summed E-state index contributed by atoms with van der Waals surface area (Å²) < 4.78 is 16.5. The summed E-state index contributed by atoms with van der Waals surface area (Å²) in [6, 6.07) is 11.6. The van der Waals surface area contributed by atoms with Crippen molar-refractivity contribution in [1.82, 2.24) is 15.0 Å². The van der Waals surface area contributed by atoms with Crippen LogP contribution < -0.4 is 15.4 Å². The van der Waals surface area contributed by atoms with E-state index in [9.17, 15) is 0 Å². The van der Waals surface area contributed by atoms with Crippen LogP contribution in [-0.4, -0.2) is 40.9 Å². The molecule has 0 bridgehead atoms. The highest BCUT2D eigenvalue weighted by molar-refractivity contribution is 7.09. The zero-order chi connectivity index (χ0) is 22.6. The first kappa shape index (κ1) is 21.4. The van der Waals surface area contributed by atoms with Gasteiger partial charge in [-0.05, 0) is 36.4 Å². The van der Waals surface area contributed by atoms with Gasteiger partial charge >= 0.3 is 0 Å². The third kappa shape index (κ3) is 4.98. The number of aliphatic imine (C=N–C) groups is 1. The molecule has 1 atom stereocenters. The Morgan fingerprint density at radius 1 is 1.12 bits per heavy atom. The highest BCUT2D eigenvalue weighted by Crippen LogP contribution is 2.31. The fourth-order valence-corrected chi connectivity index (χ4v) is 3.96. The highest BCUT2D eigenvalue weighted by atomic mass is 35.5. The minimum atomic E-state index is -0.299. The van der Waals surface area contributed by atoms with E-state index >= 15 is 0 Å². The van der Waals surface area contributed by atoms with Crippen LogP contribution in [0.25, 0.3) is 10.9 Å². The zero-order valence-corrected chi connectivity index (χ0v) is 19.1. The van der Waals surface area contributed by atoms with Gasteiger partial charge in [-0.1, -0.05) is 11.6 Å². The number of hydrogen-bond donors (Lipinski definition) is 2. The van der Waals surface area contributed by atoms with E-state index in [0.717, 1.165) is 27.3 Å². The van der Waals surface area contributed by atoms with E-state index in [1.807, 2.05) is 35.7 Å². The maximum atomic E-state index is 6.44. The summed E-state index contributed by atoms with van der Waals surface area (Å²) in [7, 11) is 1.59. The lowest BCUT2D eigenvalue weighted by Crippen LogP contribution is -2.12. The molecule has 2 N–H and O–H groups in total. The van der Waals surface area contributed by atoms with Crippen LogP contribution in [-0.2, 0) is 16.1 Å². The maximum Gasteiger partial charge on any atom is 0.292 e. The fraction of sp³-hybridized carbons (Fsp3) is 0.182. The Morgan fingerprint density at radius 2 is 2.00 bits per heavy atom. The molecule has 0 saturated carbocycles. The van der Waals surface area contributed by atoms with E-state index in [0.29, 0.717) is 35.8 Å². The van der Waals surface area contributed by atoms with Gasteiger partial charge in [0.05, 0.1) is 10.5 Å². The summed E-state index contributed by atoms with van der Waals surface area (Å²) in [4.78, 5) is 17.3. The van der Waals surface area contributed by atoms with Gasteiger partial charge in [0.15, 0.2) is 6.23 Å². The minimum absolute atomic E-state index is 0.299. The van der Waals surface area contributed by atoms with Crippen molar-refractivity contribution >= 4 is 57.1 Å². The van der Waals surface area contributed by atoms with Crippen molar-refractivity contribution in [3.8, 4) is 5.75 Å². The van der Waals surface area contributed by atoms with E-state index in [2.05, 4.69) is 30.6 Å². The number of ether oxygens (including phenoxy) is 3. The van der Waals surface area contributed by atoms with Crippen LogP contribution in [0.2, 0.25) is 5.02 Å². The second-order valence-electron chi connectivity index (χ2n) is 7.00. The third-order valence-corrected chi connectivity index (χ3v) is 5.86. The largest absolute Gasteiger partial charge is 0.485 e. The Morgan fingerprint density at radius 3 is 2.79 bits per heavy atom. The smallest absolute Gasteiger partial charge is 0.292 e. The molecule has 33 heavy (non-hydrogen) atoms. The van der Waals surface area contributed by atoms with E-state index in [-0.39, 0.29) is 6.23 Å². The van der Waals surface area contributed by atoms with Crippen LogP contribution in [0.15, 0.2) is 59.3 Å². The molecule has 1 unspecified atom stereocenters. The molecule has 168 valence electrons. The average molecular weight is 483 g/mol. The van der Waals surface area contributed by atoms with Crippen molar-refractivity contribution in [1.29, 1.82) is 0 Å². The topological polar surface area (TPSA) is 103 Å². The first-order chi connectivity index (χ1) is 16.2. The van der Waals surface area contributed by atoms with Gasteiger partial charge in [-0.3, -0.25) is 0 Å². The molecule has 0 radical (unpaired) electrons. The number of halogens is 1. The predicted octanol–water partition coefficient (Wildman–Crippen LogP) is 4.83. The number of hydrogen-bond acceptors (Lipinski definition) is 10. The van der Waals surface area contributed by atoms with Crippen molar-refractivity contribution in [2.75, 3.05) is 24.4 Å². The number of benzene rings is 2. The second-order valence-corrected chi connectivity index (χ2v) is 8.39. The molecule has 2 aromatic carbocycles. The number of rotatable bonds is 7. The molecule has 1 aliphatic rings. The lowest BCUT2D eigenvalue weighted by Gasteiger charge is -2.12. The van der Waals surface area contributed by atoms with Crippen molar-refractivity contribution in [2.45, 2.75) is 12.8 Å². The third-order valence-electron chi connectivity index (χ3n) is 4.81. The summed E-state index contributed by atoms with van der Waals surface area (Å²) in [5.74, 6) is 1.23. The molecule has 3 heterocycles. The standard InChI is InChI=1S/C22H19ClN6O3S/c1-30-19-10-32-22(29-19)28-13-2-4-17-15(8-13)21(26-12-25-17)27-14-3-5-18(16(23)9-14)31-11-20-24-6-7-33-20/h2-9,12,19H,10-11H2,1H3,(H,28,29)(H,25,26,27). The molecule has 1 aliphatic heterocycles. The van der Waals surface area contributed by atoms with Gasteiger partial charge in [0.25, 0.3) is 6.02 Å². The summed E-state index contributed by atoms with van der Waals surface area (Å²) in [6.07, 6.45) is 2.96. The molecule has 11 heteroatoms. The highest BCUT2D eigenvalue weighted by Gasteiger charge is 2.18. The van der Waals surface area contributed by atoms with E-state index in [4.69, 9.17) is 25.8 Å². The van der Waals surface area contributed by atoms with Crippen LogP contribution in [0.5, 0.6) is 5.75 Å². The fourth-order valence-electron chi connectivity index (χ4n) is 3.20. The van der Waals surface area contributed by atoms with Gasteiger partial charge in [0.2, 0.25) is 0 Å². The summed E-state index contributed by atoms with van der Waals surface area (Å²) in [5.41, 5.74) is 2.35. The van der Waals surface area contributed by atoms with E-state index in [1.54, 1.807) is 19.4 Å². The minimum Gasteiger partial charge on any atom is -0.485 e. The van der Waals surface area contributed by atoms with E-state index < -0.39 is 0 Å². The molecule has 0 amide bonds. The Kier molecular flexibility index (Phi) is 6.20. The van der Waals surface area contributed by atoms with Crippen LogP contribution in [0.4, 0.5) is 17.2 Å². The van der Waals surface area contributed by atoms with Gasteiger partial charge in [0.1, 0.15) is 36.1 Å². The lowest BCUT2D eigenvalue weighted by atomic mass is 10.2. The molecule has 5 rings (SSSR count). The predicted molar refractivity (Wildman–Crippen MR) is 129 cm³/mol. The normalized spacial score (nSPS) is 15.2. The molecular formula is C22H19ClN6O3S. The Balaban J connectivity index is 1.34. The van der Waals surface area contributed by atoms with Crippen molar-refractivity contribution < 1.29 is 14.2 Å². The van der Waals surface area contributed by atoms with Crippen LogP contribution >= 0.6 is 22.9 Å². The molecular weight excluding hydrogens is 464 g/mol. The summed E-state index contributed by atoms with van der Waals surface area (Å²) in [5, 5.41) is 10.6. The maximum absolute atomic E-state index is 6.44. The van der Waals surface area contributed by atoms with Gasteiger partial charge in [-0.2, -0.15) is 4.99 Å². The number of nitrogens with zero attached hydrogens (tertiary/aromatic N) is 4. The van der Waals surface area contributed by atoms with Gasteiger partial charge in [-0.15, -0.1) is 11.3 Å². The Hall–Kier alpha value is -3.47. The molecule has 0 fully saturated rings. The first-order valence-corrected chi connectivity index (χ1v) is 11.3. The molecule has 4 aromatic rings. The van der Waals surface area contributed by atoms with Crippen LogP contribution in [0.1, 0.15) is 5.01 Å². The monoisotopic (exact) mass is 482 g/mol. The van der Waals surface area contributed by atoms with Crippen molar-refractivity contribution in [2.24, 2.45) is 4.99 Å². The molecule has 0 spiro atoms. The van der Waals surface area contributed by atoms with E-state index in [1.165, 1.54) is 17.7 Å². The Labute approximate surface area is 198 Å². The van der Waals surface area contributed by atoms with Gasteiger partial charge in [-0.25, -0.2) is 15.0 Å². The number of aromatic nitrogens is 3. The number of nitrogens with one attached hydrogen (secondary N) is 2. The van der Waals surface area contributed by atoms with Crippen molar-refractivity contribution in [3.05, 3.63) is 64.3 Å². The van der Waals surface area contributed by atoms with Gasteiger partial charge in [0, 0.05) is 35.4 Å². The van der Waals surface area contributed by atoms with Crippen molar-refractivity contribution in [3.63, 3.8) is 0 Å². The number of anilines is 3. The molecule has 9 nitrogen and oxygen atoms in total. The summed E-state index contributed by atoms with van der Waals surface area (Å²) in [6.45, 7) is 0.753. The number of amidine groups is 1. The zero-order valence-electron chi connectivity index (χ0n) is 17.5. The quantitative estimate of drug-likeness (QED) is 0.386.